The Balaban J connectivity index is 2.05. The Hall–Kier alpha value is -3.54. The van der Waals surface area contributed by atoms with Gasteiger partial charge in [0, 0.05) is 11.6 Å². The van der Waals surface area contributed by atoms with Crippen molar-refractivity contribution in [2.45, 2.75) is 26.3 Å². The number of pyridine rings is 2. The summed E-state index contributed by atoms with van der Waals surface area (Å²) in [5.74, 6) is 0.229. The second-order valence-electron chi connectivity index (χ2n) is 7.74. The molecule has 3 aromatic heterocycles. The lowest BCUT2D eigenvalue weighted by Crippen LogP contribution is -2.41. The topological polar surface area (TPSA) is 141 Å². The fourth-order valence-corrected chi connectivity index (χ4v) is 3.12. The van der Waals surface area contributed by atoms with E-state index in [-0.39, 0.29) is 11.6 Å². The van der Waals surface area contributed by atoms with Gasteiger partial charge in [0.1, 0.15) is 5.69 Å². The molecule has 0 aliphatic carbocycles. The van der Waals surface area contributed by atoms with Crippen LogP contribution >= 0.6 is 0 Å². The Kier molecular flexibility index (Phi) is 5.93. The second kappa shape index (κ2) is 8.30. The van der Waals surface area contributed by atoms with E-state index < -0.39 is 21.5 Å². The number of aromatic nitrogens is 5. The highest BCUT2D eigenvalue weighted by Gasteiger charge is 2.23. The van der Waals surface area contributed by atoms with Crippen LogP contribution in [0.3, 0.4) is 0 Å². The molecular formula is C19H23N7O4S. The number of amides is 1. The van der Waals surface area contributed by atoms with Crippen molar-refractivity contribution < 1.29 is 17.9 Å². The lowest BCUT2D eigenvalue weighted by atomic mass is 10.1. The molecular weight excluding hydrogens is 422 g/mol. The van der Waals surface area contributed by atoms with E-state index in [1.807, 2.05) is 20.8 Å². The highest BCUT2D eigenvalue weighted by molar-refractivity contribution is 7.92. The summed E-state index contributed by atoms with van der Waals surface area (Å²) < 4.78 is 31.7. The number of hydrogen-bond donors (Lipinski definition) is 2. The molecule has 0 bridgehead atoms. The smallest absolute Gasteiger partial charge is 0.291 e. The summed E-state index contributed by atoms with van der Waals surface area (Å²) in [6, 6.07) is 6.50. The lowest BCUT2D eigenvalue weighted by Gasteiger charge is -2.18. The Labute approximate surface area is 180 Å². The predicted octanol–water partition coefficient (Wildman–Crippen LogP) is 1.63. The molecule has 0 fully saturated rings. The van der Waals surface area contributed by atoms with Gasteiger partial charge in [-0.3, -0.25) is 14.5 Å². The largest absolute Gasteiger partial charge is 0.481 e. The van der Waals surface area contributed by atoms with Crippen molar-refractivity contribution in [1.29, 1.82) is 0 Å². The van der Waals surface area contributed by atoms with E-state index in [0.717, 1.165) is 6.26 Å². The molecule has 3 rings (SSSR count). The predicted molar refractivity (Wildman–Crippen MR) is 115 cm³/mol. The van der Waals surface area contributed by atoms with Crippen LogP contribution in [0.4, 0.5) is 5.69 Å². The molecule has 3 heterocycles. The quantitative estimate of drug-likeness (QED) is 0.583. The third kappa shape index (κ3) is 5.75. The van der Waals surface area contributed by atoms with Crippen LogP contribution in [-0.4, -0.2) is 58.0 Å². The Morgan fingerprint density at radius 3 is 2.35 bits per heavy atom. The number of ether oxygens (including phenoxy) is 1. The van der Waals surface area contributed by atoms with Gasteiger partial charge in [-0.1, -0.05) is 0 Å². The van der Waals surface area contributed by atoms with E-state index in [2.05, 4.69) is 30.1 Å². The summed E-state index contributed by atoms with van der Waals surface area (Å²) in [7, 11) is -1.93. The molecule has 0 aliphatic rings. The SMILES string of the molecule is COc1ccc(-n2nc(C(=O)NC(C)(C)C)nc2-c2ccc(NS(C)(=O)=O)cn2)cn1. The molecule has 3 aromatic rings. The number of methoxy groups -OCH3 is 1. The molecule has 0 radical (unpaired) electrons. The van der Waals surface area contributed by atoms with Crippen LogP contribution in [0, 0.1) is 0 Å². The molecule has 11 nitrogen and oxygen atoms in total. The van der Waals surface area contributed by atoms with Crippen LogP contribution in [0.15, 0.2) is 36.7 Å². The molecule has 0 atom stereocenters. The summed E-state index contributed by atoms with van der Waals surface area (Å²) >= 11 is 0. The van der Waals surface area contributed by atoms with Crippen molar-refractivity contribution in [1.82, 2.24) is 30.0 Å². The van der Waals surface area contributed by atoms with Crippen LogP contribution in [0.2, 0.25) is 0 Å². The zero-order chi connectivity index (χ0) is 22.8. The monoisotopic (exact) mass is 445 g/mol. The number of nitrogens with zero attached hydrogens (tertiary/aromatic N) is 5. The van der Waals surface area contributed by atoms with Gasteiger partial charge >= 0.3 is 0 Å². The average molecular weight is 446 g/mol. The zero-order valence-corrected chi connectivity index (χ0v) is 18.6. The number of carbonyl (C=O) groups excluding carboxylic acids is 1. The van der Waals surface area contributed by atoms with Gasteiger partial charge in [-0.25, -0.2) is 23.1 Å². The number of rotatable bonds is 6. The fraction of sp³-hybridized carbons (Fsp3) is 0.316. The summed E-state index contributed by atoms with van der Waals surface area (Å²) in [5.41, 5.74) is 0.756. The summed E-state index contributed by atoms with van der Waals surface area (Å²) in [6.45, 7) is 5.56. The minimum absolute atomic E-state index is 0.0409. The van der Waals surface area contributed by atoms with Crippen LogP contribution in [0.5, 0.6) is 5.88 Å². The third-order valence-corrected chi connectivity index (χ3v) is 4.38. The van der Waals surface area contributed by atoms with E-state index >= 15 is 0 Å². The standard InChI is InChI=1S/C19H23N7O4S/c1-19(2,3)23-18(27)16-22-17(14-8-6-12(10-20-14)25-31(5,28)29)26(24-16)13-7-9-15(30-4)21-11-13/h6-11,25H,1-5H3,(H,23,27). The van der Waals surface area contributed by atoms with Crippen molar-refractivity contribution >= 4 is 21.6 Å². The maximum Gasteiger partial charge on any atom is 0.291 e. The summed E-state index contributed by atoms with van der Waals surface area (Å²) in [5, 5.41) is 7.16. The molecule has 2 N–H and O–H groups in total. The molecule has 0 saturated carbocycles. The van der Waals surface area contributed by atoms with Crippen molar-refractivity contribution in [2.75, 3.05) is 18.1 Å². The number of nitrogens with one attached hydrogen (secondary N) is 2. The van der Waals surface area contributed by atoms with Crippen molar-refractivity contribution in [3.8, 4) is 23.1 Å². The van der Waals surface area contributed by atoms with Gasteiger partial charge in [-0.2, -0.15) is 0 Å². The van der Waals surface area contributed by atoms with E-state index in [9.17, 15) is 13.2 Å². The van der Waals surface area contributed by atoms with Gasteiger partial charge in [-0.15, -0.1) is 5.10 Å². The zero-order valence-electron chi connectivity index (χ0n) is 17.7. The molecule has 31 heavy (non-hydrogen) atoms. The van der Waals surface area contributed by atoms with Gasteiger partial charge in [0.2, 0.25) is 21.7 Å². The van der Waals surface area contributed by atoms with Crippen LogP contribution in [0.1, 0.15) is 31.4 Å². The maximum absolute atomic E-state index is 12.6. The van der Waals surface area contributed by atoms with Crippen LogP contribution in [0.25, 0.3) is 17.2 Å². The van der Waals surface area contributed by atoms with Gasteiger partial charge in [0.15, 0.2) is 5.82 Å². The van der Waals surface area contributed by atoms with E-state index in [0.29, 0.717) is 22.9 Å². The van der Waals surface area contributed by atoms with Crippen molar-refractivity contribution in [3.05, 3.63) is 42.5 Å². The van der Waals surface area contributed by atoms with E-state index in [1.165, 1.54) is 24.2 Å². The first-order valence-electron chi connectivity index (χ1n) is 9.19. The maximum atomic E-state index is 12.6. The first-order chi connectivity index (χ1) is 14.4. The number of carbonyl (C=O) groups is 1. The number of hydrogen-bond acceptors (Lipinski definition) is 8. The van der Waals surface area contributed by atoms with Gasteiger partial charge in [0.25, 0.3) is 5.91 Å². The second-order valence-corrected chi connectivity index (χ2v) is 9.49. The first-order valence-corrected chi connectivity index (χ1v) is 11.1. The number of anilines is 1. The minimum atomic E-state index is -3.43. The molecule has 0 saturated heterocycles. The highest BCUT2D eigenvalue weighted by Crippen LogP contribution is 2.22. The Bertz CT molecular complexity index is 1180. The Morgan fingerprint density at radius 2 is 1.84 bits per heavy atom. The lowest BCUT2D eigenvalue weighted by molar-refractivity contribution is 0.0909. The average Bonchev–Trinajstić information content (AvgIpc) is 3.12. The van der Waals surface area contributed by atoms with E-state index in [1.54, 1.807) is 24.3 Å². The van der Waals surface area contributed by atoms with Crippen molar-refractivity contribution in [2.24, 2.45) is 0 Å². The summed E-state index contributed by atoms with van der Waals surface area (Å²) in [6.07, 6.45) is 3.94. The third-order valence-electron chi connectivity index (χ3n) is 3.77. The molecule has 0 spiro atoms. The fourth-order valence-electron chi connectivity index (χ4n) is 2.57. The van der Waals surface area contributed by atoms with Gasteiger partial charge < -0.3 is 10.1 Å². The van der Waals surface area contributed by atoms with Crippen molar-refractivity contribution in [3.63, 3.8) is 0 Å². The Morgan fingerprint density at radius 1 is 1.10 bits per heavy atom. The highest BCUT2D eigenvalue weighted by atomic mass is 32.2. The van der Waals surface area contributed by atoms with Crippen LogP contribution < -0.4 is 14.8 Å². The van der Waals surface area contributed by atoms with Gasteiger partial charge in [-0.05, 0) is 39.0 Å². The molecule has 1 amide bonds. The van der Waals surface area contributed by atoms with E-state index in [4.69, 9.17) is 4.74 Å². The molecule has 12 heteroatoms. The first kappa shape index (κ1) is 22.2. The molecule has 0 aromatic carbocycles. The molecule has 0 aliphatic heterocycles. The van der Waals surface area contributed by atoms with Gasteiger partial charge in [0.05, 0.1) is 37.1 Å². The minimum Gasteiger partial charge on any atom is -0.481 e. The molecule has 0 unspecified atom stereocenters. The normalized spacial score (nSPS) is 11.8. The van der Waals surface area contributed by atoms with Crippen LogP contribution in [-0.2, 0) is 10.0 Å². The summed E-state index contributed by atoms with van der Waals surface area (Å²) in [4.78, 5) is 25.4. The molecule has 164 valence electrons. The number of sulfonamides is 1.